The first kappa shape index (κ1) is 27.4. The summed E-state index contributed by atoms with van der Waals surface area (Å²) in [5.41, 5.74) is 15.5. The Bertz CT molecular complexity index is 3040. The third-order valence-electron chi connectivity index (χ3n) is 10.9. The summed E-state index contributed by atoms with van der Waals surface area (Å²) in [5, 5.41) is 8.86. The van der Waals surface area contributed by atoms with E-state index in [2.05, 4.69) is 175 Å². The molecule has 232 valence electrons. The molecule has 0 unspecified atom stereocenters. The first-order chi connectivity index (χ1) is 24.7. The fourth-order valence-corrected chi connectivity index (χ4v) is 8.69. The van der Waals surface area contributed by atoms with Gasteiger partial charge in [0.25, 0.3) is 0 Å². The fraction of sp³-hybridized carbons (Fsp3) is 0.0208. The van der Waals surface area contributed by atoms with Crippen LogP contribution in [0.25, 0.3) is 105 Å². The first-order valence-electron chi connectivity index (χ1n) is 17.3. The summed E-state index contributed by atoms with van der Waals surface area (Å²) in [7, 11) is 0. The summed E-state index contributed by atoms with van der Waals surface area (Å²) >= 11 is 0. The zero-order valence-corrected chi connectivity index (χ0v) is 27.5. The van der Waals surface area contributed by atoms with E-state index in [0.717, 1.165) is 27.8 Å². The Morgan fingerprint density at radius 2 is 1.10 bits per heavy atom. The topological polar surface area (TPSA) is 17.8 Å². The highest BCUT2D eigenvalue weighted by molar-refractivity contribution is 6.30. The van der Waals surface area contributed by atoms with Crippen molar-refractivity contribution < 1.29 is 0 Å². The van der Waals surface area contributed by atoms with Crippen molar-refractivity contribution in [2.24, 2.45) is 0 Å². The number of pyridine rings is 1. The van der Waals surface area contributed by atoms with Crippen molar-refractivity contribution in [3.05, 3.63) is 169 Å². The van der Waals surface area contributed by atoms with Crippen molar-refractivity contribution >= 4 is 54.3 Å². The number of nitrogens with zero attached hydrogens (tertiary/aromatic N) is 2. The van der Waals surface area contributed by atoms with E-state index in [1.807, 2.05) is 0 Å². The summed E-state index contributed by atoms with van der Waals surface area (Å²) in [5.74, 6) is 0. The normalized spacial score (nSPS) is 12.1. The lowest BCUT2D eigenvalue weighted by Crippen LogP contribution is -1.99. The molecule has 0 saturated heterocycles. The average molecular weight is 635 g/mol. The van der Waals surface area contributed by atoms with Crippen molar-refractivity contribution in [3.63, 3.8) is 0 Å². The summed E-state index contributed by atoms with van der Waals surface area (Å²) < 4.78 is 2.47. The van der Waals surface area contributed by atoms with Gasteiger partial charge in [0, 0.05) is 27.4 Å². The van der Waals surface area contributed by atoms with Gasteiger partial charge in [0.05, 0.1) is 22.2 Å². The molecular formula is C48H30N2. The molecule has 8 aromatic carbocycles. The molecule has 1 aliphatic rings. The molecule has 0 saturated carbocycles. The van der Waals surface area contributed by atoms with Gasteiger partial charge in [0.1, 0.15) is 0 Å². The predicted molar refractivity (Wildman–Crippen MR) is 211 cm³/mol. The summed E-state index contributed by atoms with van der Waals surface area (Å²) in [6.07, 6.45) is 0. The zero-order valence-electron chi connectivity index (χ0n) is 27.5. The molecule has 10 aromatic rings. The number of hydrogen-bond donors (Lipinski definition) is 0. The van der Waals surface area contributed by atoms with Crippen LogP contribution < -0.4 is 0 Å². The highest BCUT2D eigenvalue weighted by atomic mass is 15.0. The Kier molecular flexibility index (Phi) is 5.62. The molecule has 2 heteroatoms. The van der Waals surface area contributed by atoms with Crippen molar-refractivity contribution in [3.8, 4) is 50.3 Å². The van der Waals surface area contributed by atoms with E-state index in [9.17, 15) is 0 Å². The van der Waals surface area contributed by atoms with Crippen LogP contribution in [-0.4, -0.2) is 9.55 Å². The van der Waals surface area contributed by atoms with Gasteiger partial charge >= 0.3 is 0 Å². The quantitative estimate of drug-likeness (QED) is 0.189. The van der Waals surface area contributed by atoms with E-state index in [0.29, 0.717) is 0 Å². The van der Waals surface area contributed by atoms with Gasteiger partial charge in [-0.1, -0.05) is 127 Å². The average Bonchev–Trinajstić information content (AvgIpc) is 3.46. The van der Waals surface area contributed by atoms with E-state index >= 15 is 0 Å². The minimum atomic E-state index is 0.991. The summed E-state index contributed by atoms with van der Waals surface area (Å²) in [4.78, 5) is 5.33. The van der Waals surface area contributed by atoms with Gasteiger partial charge < -0.3 is 4.57 Å². The van der Waals surface area contributed by atoms with Crippen LogP contribution in [0.3, 0.4) is 0 Å². The lowest BCUT2D eigenvalue weighted by molar-refractivity contribution is 1.18. The fourth-order valence-electron chi connectivity index (χ4n) is 8.69. The molecule has 0 amide bonds. The Balaban J connectivity index is 1.25. The second-order valence-electron chi connectivity index (χ2n) is 13.5. The van der Waals surface area contributed by atoms with Crippen molar-refractivity contribution in [2.45, 2.75) is 6.92 Å². The standard InChI is InChI=1S/C48H30N2/c1-29-44(34-22-21-30-11-5-6-14-33(30)27-34)40-28-35(24-25-41(40)49-48(29)32-12-3-2-4-13-32)50-42-20-10-19-39-37-17-8-7-16-36(37)38-18-9-15-31-23-26-43(50)47(45(31)38)46(39)42/h2-28H,1H3. The van der Waals surface area contributed by atoms with Crippen LogP contribution in [0.2, 0.25) is 0 Å². The van der Waals surface area contributed by atoms with Gasteiger partial charge in [0.15, 0.2) is 0 Å². The van der Waals surface area contributed by atoms with Crippen LogP contribution in [0.5, 0.6) is 0 Å². The van der Waals surface area contributed by atoms with Crippen LogP contribution in [0.15, 0.2) is 164 Å². The molecule has 2 nitrogen and oxygen atoms in total. The minimum absolute atomic E-state index is 0.991. The Hall–Kier alpha value is -6.51. The van der Waals surface area contributed by atoms with Crippen LogP contribution >= 0.6 is 0 Å². The molecule has 0 bridgehead atoms. The van der Waals surface area contributed by atoms with Crippen LogP contribution in [0.1, 0.15) is 5.56 Å². The van der Waals surface area contributed by atoms with Crippen molar-refractivity contribution in [1.82, 2.24) is 9.55 Å². The first-order valence-corrected chi connectivity index (χ1v) is 17.3. The molecule has 0 aliphatic heterocycles. The molecule has 50 heavy (non-hydrogen) atoms. The maximum Gasteiger partial charge on any atom is 0.0745 e. The molecule has 0 radical (unpaired) electrons. The van der Waals surface area contributed by atoms with Crippen LogP contribution in [-0.2, 0) is 0 Å². The Morgan fingerprint density at radius 3 is 1.94 bits per heavy atom. The zero-order chi connectivity index (χ0) is 32.9. The van der Waals surface area contributed by atoms with Crippen LogP contribution in [0.4, 0.5) is 0 Å². The molecule has 0 atom stereocenters. The minimum Gasteiger partial charge on any atom is -0.309 e. The van der Waals surface area contributed by atoms with E-state index in [1.54, 1.807) is 0 Å². The largest absolute Gasteiger partial charge is 0.309 e. The van der Waals surface area contributed by atoms with Crippen molar-refractivity contribution in [2.75, 3.05) is 0 Å². The molecule has 1 aliphatic carbocycles. The number of rotatable bonds is 3. The Morgan fingerprint density at radius 1 is 0.440 bits per heavy atom. The Labute approximate surface area is 289 Å². The highest BCUT2D eigenvalue weighted by Crippen LogP contribution is 2.50. The summed E-state index contributed by atoms with van der Waals surface area (Å²) in [6.45, 7) is 2.23. The van der Waals surface area contributed by atoms with Gasteiger partial charge in [-0.2, -0.15) is 0 Å². The molecule has 0 spiro atoms. The van der Waals surface area contributed by atoms with Crippen LogP contribution in [0, 0.1) is 6.92 Å². The highest BCUT2D eigenvalue weighted by Gasteiger charge is 2.25. The van der Waals surface area contributed by atoms with Gasteiger partial charge in [-0.3, -0.25) is 0 Å². The number of aromatic nitrogens is 2. The third kappa shape index (κ3) is 3.76. The monoisotopic (exact) mass is 634 g/mol. The molecule has 0 fully saturated rings. The molecule has 11 rings (SSSR count). The van der Waals surface area contributed by atoms with E-state index in [-0.39, 0.29) is 0 Å². The van der Waals surface area contributed by atoms with E-state index in [1.165, 1.54) is 82.3 Å². The van der Waals surface area contributed by atoms with Gasteiger partial charge in [0.2, 0.25) is 0 Å². The lowest BCUT2D eigenvalue weighted by atomic mass is 9.91. The number of fused-ring (bicyclic) bond motifs is 5. The molecule has 0 N–H and O–H groups in total. The molecule has 2 aromatic heterocycles. The van der Waals surface area contributed by atoms with Gasteiger partial charge in [-0.05, 0) is 104 Å². The number of benzene rings is 8. The van der Waals surface area contributed by atoms with E-state index in [4.69, 9.17) is 4.98 Å². The predicted octanol–water partition coefficient (Wildman–Crippen LogP) is 12.9. The SMILES string of the molecule is Cc1c(-c2ccccc2)nc2ccc(-n3c4cccc5c4c4c6c(cccc6ccc43)-c3ccccc3-5)cc2c1-c1ccc2ccccc2c1. The van der Waals surface area contributed by atoms with Crippen molar-refractivity contribution in [1.29, 1.82) is 0 Å². The smallest absolute Gasteiger partial charge is 0.0745 e. The third-order valence-corrected chi connectivity index (χ3v) is 10.9. The summed E-state index contributed by atoms with van der Waals surface area (Å²) in [6, 6.07) is 59.9. The lowest BCUT2D eigenvalue weighted by Gasteiger charge is -2.18. The molecular weight excluding hydrogens is 605 g/mol. The second kappa shape index (κ2) is 10.2. The van der Waals surface area contributed by atoms with Gasteiger partial charge in [-0.15, -0.1) is 0 Å². The van der Waals surface area contributed by atoms with Gasteiger partial charge in [-0.25, -0.2) is 4.98 Å². The maximum atomic E-state index is 5.33. The second-order valence-corrected chi connectivity index (χ2v) is 13.5. The molecule has 2 heterocycles. The maximum absolute atomic E-state index is 5.33. The van der Waals surface area contributed by atoms with E-state index < -0.39 is 0 Å². The number of hydrogen-bond acceptors (Lipinski definition) is 1.